The van der Waals surface area contributed by atoms with Crippen LogP contribution in [0.2, 0.25) is 0 Å². The molecule has 0 aromatic heterocycles. The van der Waals surface area contributed by atoms with E-state index in [-0.39, 0.29) is 12.6 Å². The zero-order valence-corrected chi connectivity index (χ0v) is 13.4. The number of carbonyl (C=O) groups excluding carboxylic acids is 1. The van der Waals surface area contributed by atoms with E-state index < -0.39 is 0 Å². The molecule has 0 atom stereocenters. The van der Waals surface area contributed by atoms with Gasteiger partial charge in [0, 0.05) is 18.8 Å². The monoisotopic (exact) mass is 292 g/mol. The summed E-state index contributed by atoms with van der Waals surface area (Å²) in [4.78, 5) is 14.1. The van der Waals surface area contributed by atoms with Crippen LogP contribution in [0.15, 0.2) is 24.3 Å². The van der Waals surface area contributed by atoms with Crippen LogP contribution < -0.4 is 5.32 Å². The van der Waals surface area contributed by atoms with E-state index in [1.165, 1.54) is 0 Å². The quantitative estimate of drug-likeness (QED) is 0.716. The molecule has 0 aliphatic carbocycles. The number of amides is 2. The molecule has 0 radical (unpaired) electrons. The van der Waals surface area contributed by atoms with Gasteiger partial charge >= 0.3 is 6.03 Å². The van der Waals surface area contributed by atoms with Gasteiger partial charge in [-0.05, 0) is 24.0 Å². The summed E-state index contributed by atoms with van der Waals surface area (Å²) in [6, 6.07) is 7.74. The topological polar surface area (TPSA) is 52.6 Å². The van der Waals surface area contributed by atoms with E-state index in [2.05, 4.69) is 26.1 Å². The molecule has 0 unspecified atom stereocenters. The summed E-state index contributed by atoms with van der Waals surface area (Å²) in [6.45, 7) is 7.40. The third kappa shape index (κ3) is 5.76. The molecule has 0 aliphatic rings. The van der Waals surface area contributed by atoms with E-state index in [9.17, 15) is 4.79 Å². The van der Waals surface area contributed by atoms with E-state index in [0.717, 1.165) is 30.5 Å². The summed E-state index contributed by atoms with van der Waals surface area (Å²) in [5, 5.41) is 12.1. The minimum atomic E-state index is -0.131. The molecule has 0 fully saturated rings. The number of unbranched alkanes of at least 4 members (excludes halogenated alkanes) is 2. The molecule has 118 valence electrons. The smallest absolute Gasteiger partial charge is 0.321 e. The average Bonchev–Trinajstić information content (AvgIpc) is 2.46. The number of nitrogens with one attached hydrogen (secondary N) is 1. The first-order chi connectivity index (χ1) is 10.1. The second-order valence-electron chi connectivity index (χ2n) is 5.59. The van der Waals surface area contributed by atoms with Gasteiger partial charge in [-0.1, -0.05) is 51.8 Å². The Morgan fingerprint density at radius 1 is 1.24 bits per heavy atom. The molecule has 0 aliphatic heterocycles. The fourth-order valence-corrected chi connectivity index (χ4v) is 2.30. The van der Waals surface area contributed by atoms with Crippen molar-refractivity contribution >= 4 is 11.7 Å². The lowest BCUT2D eigenvalue weighted by Crippen LogP contribution is -2.38. The Bertz CT molecular complexity index is 433. The summed E-state index contributed by atoms with van der Waals surface area (Å²) >= 11 is 0. The molecule has 0 saturated carbocycles. The minimum absolute atomic E-state index is 0.00856. The van der Waals surface area contributed by atoms with Gasteiger partial charge in [0.15, 0.2) is 0 Å². The predicted molar refractivity (Wildman–Crippen MR) is 87.7 cm³/mol. The van der Waals surface area contributed by atoms with Gasteiger partial charge in [-0.25, -0.2) is 4.79 Å². The SMILES string of the molecule is CCCCCN(CCO)C(=O)Nc1ccccc1C(C)C. The van der Waals surface area contributed by atoms with Crippen LogP contribution in [0, 0.1) is 0 Å². The van der Waals surface area contributed by atoms with Gasteiger partial charge in [0.1, 0.15) is 0 Å². The maximum Gasteiger partial charge on any atom is 0.321 e. The highest BCUT2D eigenvalue weighted by Crippen LogP contribution is 2.23. The number of aliphatic hydroxyl groups excluding tert-OH is 1. The van der Waals surface area contributed by atoms with Crippen molar-refractivity contribution in [2.45, 2.75) is 46.0 Å². The molecular weight excluding hydrogens is 264 g/mol. The summed E-state index contributed by atoms with van der Waals surface area (Å²) in [5.74, 6) is 0.355. The van der Waals surface area contributed by atoms with E-state index >= 15 is 0 Å². The Morgan fingerprint density at radius 3 is 2.57 bits per heavy atom. The number of hydrogen-bond donors (Lipinski definition) is 2. The van der Waals surface area contributed by atoms with Gasteiger partial charge in [0.2, 0.25) is 0 Å². The number of carbonyl (C=O) groups is 1. The normalized spacial score (nSPS) is 10.7. The molecule has 0 spiro atoms. The zero-order valence-electron chi connectivity index (χ0n) is 13.4. The van der Waals surface area contributed by atoms with Crippen LogP contribution in [-0.2, 0) is 0 Å². The standard InChI is InChI=1S/C17H28N2O2/c1-4-5-8-11-19(12-13-20)17(21)18-16-10-7-6-9-15(16)14(2)3/h6-7,9-10,14,20H,4-5,8,11-13H2,1-3H3,(H,18,21). The van der Waals surface area contributed by atoms with Crippen molar-refractivity contribution in [3.63, 3.8) is 0 Å². The number of rotatable bonds is 8. The van der Waals surface area contributed by atoms with Crippen LogP contribution in [0.1, 0.15) is 51.5 Å². The minimum Gasteiger partial charge on any atom is -0.395 e. The first-order valence-electron chi connectivity index (χ1n) is 7.85. The van der Waals surface area contributed by atoms with E-state index in [0.29, 0.717) is 19.0 Å². The third-order valence-electron chi connectivity index (χ3n) is 3.51. The van der Waals surface area contributed by atoms with E-state index in [1.807, 2.05) is 24.3 Å². The van der Waals surface area contributed by atoms with Crippen LogP contribution in [0.5, 0.6) is 0 Å². The molecule has 0 bridgehead atoms. The Hall–Kier alpha value is -1.55. The number of benzene rings is 1. The number of nitrogens with zero attached hydrogens (tertiary/aromatic N) is 1. The van der Waals surface area contributed by atoms with Crippen molar-refractivity contribution in [1.82, 2.24) is 4.90 Å². The summed E-state index contributed by atoms with van der Waals surface area (Å²) in [7, 11) is 0. The average molecular weight is 292 g/mol. The van der Waals surface area contributed by atoms with Crippen LogP contribution in [0.4, 0.5) is 10.5 Å². The van der Waals surface area contributed by atoms with Crippen molar-refractivity contribution in [1.29, 1.82) is 0 Å². The molecule has 1 rings (SSSR count). The number of urea groups is 1. The number of aliphatic hydroxyl groups is 1. The molecule has 21 heavy (non-hydrogen) atoms. The van der Waals surface area contributed by atoms with Crippen molar-refractivity contribution < 1.29 is 9.90 Å². The van der Waals surface area contributed by atoms with Crippen molar-refractivity contribution in [3.8, 4) is 0 Å². The first-order valence-corrected chi connectivity index (χ1v) is 7.85. The van der Waals surface area contributed by atoms with E-state index in [1.54, 1.807) is 4.90 Å². The lowest BCUT2D eigenvalue weighted by molar-refractivity contribution is 0.187. The van der Waals surface area contributed by atoms with Gasteiger partial charge in [0.25, 0.3) is 0 Å². The van der Waals surface area contributed by atoms with Crippen molar-refractivity contribution in [2.24, 2.45) is 0 Å². The first kappa shape index (κ1) is 17.5. The van der Waals surface area contributed by atoms with Crippen LogP contribution >= 0.6 is 0 Å². The van der Waals surface area contributed by atoms with Crippen LogP contribution in [0.3, 0.4) is 0 Å². The molecule has 0 saturated heterocycles. The largest absolute Gasteiger partial charge is 0.395 e. The van der Waals surface area contributed by atoms with E-state index in [4.69, 9.17) is 5.11 Å². The molecular formula is C17H28N2O2. The molecule has 1 aromatic carbocycles. The molecule has 0 heterocycles. The van der Waals surface area contributed by atoms with Crippen molar-refractivity contribution in [3.05, 3.63) is 29.8 Å². The summed E-state index contributed by atoms with van der Waals surface area (Å²) < 4.78 is 0. The van der Waals surface area contributed by atoms with Gasteiger partial charge < -0.3 is 15.3 Å². The number of hydrogen-bond acceptors (Lipinski definition) is 2. The zero-order chi connectivity index (χ0) is 15.7. The maximum absolute atomic E-state index is 12.4. The Kier molecular flexibility index (Phi) is 7.83. The second-order valence-corrected chi connectivity index (χ2v) is 5.59. The fourth-order valence-electron chi connectivity index (χ4n) is 2.30. The molecule has 2 N–H and O–H groups in total. The molecule has 1 aromatic rings. The van der Waals surface area contributed by atoms with Crippen molar-refractivity contribution in [2.75, 3.05) is 25.0 Å². The van der Waals surface area contributed by atoms with Crippen LogP contribution in [0.25, 0.3) is 0 Å². The lowest BCUT2D eigenvalue weighted by Gasteiger charge is -2.23. The molecule has 2 amide bonds. The third-order valence-corrected chi connectivity index (χ3v) is 3.51. The van der Waals surface area contributed by atoms with Gasteiger partial charge in [-0.3, -0.25) is 0 Å². The second kappa shape index (κ2) is 9.40. The summed E-state index contributed by atoms with van der Waals surface area (Å²) in [6.07, 6.45) is 3.18. The Balaban J connectivity index is 2.72. The number of anilines is 1. The van der Waals surface area contributed by atoms with Gasteiger partial charge in [-0.2, -0.15) is 0 Å². The number of para-hydroxylation sites is 1. The Morgan fingerprint density at radius 2 is 1.95 bits per heavy atom. The maximum atomic E-state index is 12.4. The Labute approximate surface area is 128 Å². The predicted octanol–water partition coefficient (Wildman–Crippen LogP) is 3.83. The van der Waals surface area contributed by atoms with Gasteiger partial charge in [0.05, 0.1) is 6.61 Å². The van der Waals surface area contributed by atoms with Gasteiger partial charge in [-0.15, -0.1) is 0 Å². The van der Waals surface area contributed by atoms with Crippen LogP contribution in [-0.4, -0.2) is 35.7 Å². The highest BCUT2D eigenvalue weighted by Gasteiger charge is 2.15. The fraction of sp³-hybridized carbons (Fsp3) is 0.588. The lowest BCUT2D eigenvalue weighted by atomic mass is 10.0. The highest BCUT2D eigenvalue weighted by atomic mass is 16.3. The highest BCUT2D eigenvalue weighted by molar-refractivity contribution is 5.90. The summed E-state index contributed by atoms with van der Waals surface area (Å²) in [5.41, 5.74) is 1.99. The molecule has 4 heteroatoms. The molecule has 4 nitrogen and oxygen atoms in total.